The molecule has 16 heavy (non-hydrogen) atoms. The number of rotatable bonds is 3. The second kappa shape index (κ2) is 5.43. The second-order valence-corrected chi connectivity index (χ2v) is 4.14. The highest BCUT2D eigenvalue weighted by molar-refractivity contribution is 5.24. The average molecular weight is 222 g/mol. The van der Waals surface area contributed by atoms with Crippen molar-refractivity contribution in [3.8, 4) is 0 Å². The van der Waals surface area contributed by atoms with Crippen LogP contribution in [0.1, 0.15) is 18.1 Å². The van der Waals surface area contributed by atoms with Crippen LogP contribution in [0.3, 0.4) is 0 Å². The molecule has 1 aromatic rings. The molecule has 1 aromatic carbocycles. The third-order valence-corrected chi connectivity index (χ3v) is 2.93. The lowest BCUT2D eigenvalue weighted by molar-refractivity contribution is -0.205. The van der Waals surface area contributed by atoms with Crippen LogP contribution in [0.2, 0.25) is 0 Å². The fourth-order valence-electron chi connectivity index (χ4n) is 1.72. The van der Waals surface area contributed by atoms with Gasteiger partial charge in [-0.2, -0.15) is 0 Å². The molecule has 0 aromatic heterocycles. The lowest BCUT2D eigenvalue weighted by Gasteiger charge is -2.29. The Hall–Kier alpha value is -0.900. The topological polar surface area (TPSA) is 27.7 Å². The molecule has 3 nitrogen and oxygen atoms in total. The maximum atomic E-state index is 5.81. The first-order chi connectivity index (χ1) is 7.77. The Labute approximate surface area is 96.3 Å². The van der Waals surface area contributed by atoms with Crippen LogP contribution in [0, 0.1) is 6.92 Å². The lowest BCUT2D eigenvalue weighted by atomic mass is 10.1. The minimum absolute atomic E-state index is 0.0355. The van der Waals surface area contributed by atoms with Crippen LogP contribution in [-0.2, 0) is 20.8 Å². The molecule has 1 aliphatic rings. The molecule has 0 unspecified atom stereocenters. The van der Waals surface area contributed by atoms with E-state index in [4.69, 9.17) is 14.2 Å². The van der Waals surface area contributed by atoms with Crippen LogP contribution in [0.15, 0.2) is 24.3 Å². The van der Waals surface area contributed by atoms with E-state index in [-0.39, 0.29) is 12.2 Å². The van der Waals surface area contributed by atoms with Gasteiger partial charge < -0.3 is 14.2 Å². The van der Waals surface area contributed by atoms with Crippen molar-refractivity contribution in [1.82, 2.24) is 0 Å². The predicted octanol–water partition coefficient (Wildman–Crippen LogP) is 2.27. The van der Waals surface area contributed by atoms with Gasteiger partial charge in [0.1, 0.15) is 12.9 Å². The Balaban J connectivity index is 1.89. The molecular weight excluding hydrogens is 204 g/mol. The molecule has 2 atom stereocenters. The highest BCUT2D eigenvalue weighted by Crippen LogP contribution is 2.14. The first-order valence-electron chi connectivity index (χ1n) is 5.63. The number of ether oxygens (including phenoxy) is 3. The van der Waals surface area contributed by atoms with Gasteiger partial charge in [-0.05, 0) is 25.0 Å². The first-order valence-corrected chi connectivity index (χ1v) is 5.63. The number of hydrogen-bond donors (Lipinski definition) is 0. The van der Waals surface area contributed by atoms with Gasteiger partial charge in [0.2, 0.25) is 0 Å². The Morgan fingerprint density at radius 3 is 2.94 bits per heavy atom. The van der Waals surface area contributed by atoms with E-state index in [0.29, 0.717) is 20.0 Å². The minimum Gasteiger partial charge on any atom is -0.368 e. The van der Waals surface area contributed by atoms with Gasteiger partial charge in [-0.1, -0.05) is 24.3 Å². The zero-order valence-electron chi connectivity index (χ0n) is 9.81. The van der Waals surface area contributed by atoms with Crippen LogP contribution in [0.4, 0.5) is 0 Å². The van der Waals surface area contributed by atoms with E-state index in [0.717, 1.165) is 0 Å². The van der Waals surface area contributed by atoms with E-state index < -0.39 is 0 Å². The summed E-state index contributed by atoms with van der Waals surface area (Å²) in [6.45, 7) is 5.73. The number of benzene rings is 1. The molecule has 0 aliphatic carbocycles. The molecule has 2 rings (SSSR count). The summed E-state index contributed by atoms with van der Waals surface area (Å²) in [5.41, 5.74) is 2.48. The number of aryl methyl sites for hydroxylation is 1. The van der Waals surface area contributed by atoms with Crippen LogP contribution < -0.4 is 0 Å². The summed E-state index contributed by atoms with van der Waals surface area (Å²) in [6.07, 6.45) is 0.145. The quantitative estimate of drug-likeness (QED) is 0.785. The van der Waals surface area contributed by atoms with Gasteiger partial charge in [-0.3, -0.25) is 0 Å². The van der Waals surface area contributed by atoms with Gasteiger partial charge in [-0.15, -0.1) is 0 Å². The average Bonchev–Trinajstić information content (AvgIpc) is 2.30. The maximum absolute atomic E-state index is 5.81. The highest BCUT2D eigenvalue weighted by Gasteiger charge is 2.23. The Morgan fingerprint density at radius 2 is 2.19 bits per heavy atom. The lowest BCUT2D eigenvalue weighted by Crippen LogP contribution is -2.38. The summed E-state index contributed by atoms with van der Waals surface area (Å²) >= 11 is 0. The Bertz CT molecular complexity index is 338. The molecule has 0 bridgehead atoms. The van der Waals surface area contributed by atoms with Gasteiger partial charge in [0.15, 0.2) is 0 Å². The molecule has 0 radical (unpaired) electrons. The fourth-order valence-corrected chi connectivity index (χ4v) is 1.72. The third-order valence-electron chi connectivity index (χ3n) is 2.93. The molecule has 1 aliphatic heterocycles. The third kappa shape index (κ3) is 2.82. The van der Waals surface area contributed by atoms with E-state index in [2.05, 4.69) is 19.1 Å². The molecule has 0 spiro atoms. The van der Waals surface area contributed by atoms with Gasteiger partial charge in [0.25, 0.3) is 0 Å². The SMILES string of the molecule is Cc1ccccc1CO[C@@H]1COCO[C@@H]1C. The standard InChI is InChI=1S/C13H18O3/c1-10-5-3-4-6-12(10)7-15-13-8-14-9-16-11(13)2/h3-6,11,13H,7-9H2,1-2H3/t11-,13-/m1/s1. The molecular formula is C13H18O3. The summed E-state index contributed by atoms with van der Waals surface area (Å²) < 4.78 is 16.4. The first kappa shape index (κ1) is 11.6. The van der Waals surface area contributed by atoms with Crippen molar-refractivity contribution in [3.05, 3.63) is 35.4 Å². The normalized spacial score (nSPS) is 25.6. The van der Waals surface area contributed by atoms with Gasteiger partial charge >= 0.3 is 0 Å². The van der Waals surface area contributed by atoms with Gasteiger partial charge in [0.05, 0.1) is 19.3 Å². The number of hydrogen-bond acceptors (Lipinski definition) is 3. The molecule has 88 valence electrons. The van der Waals surface area contributed by atoms with Crippen molar-refractivity contribution in [2.75, 3.05) is 13.4 Å². The molecule has 1 fully saturated rings. The van der Waals surface area contributed by atoms with Crippen LogP contribution in [0.25, 0.3) is 0 Å². The van der Waals surface area contributed by atoms with Crippen LogP contribution in [0.5, 0.6) is 0 Å². The Morgan fingerprint density at radius 1 is 1.38 bits per heavy atom. The smallest absolute Gasteiger partial charge is 0.147 e. The van der Waals surface area contributed by atoms with Gasteiger partial charge in [0, 0.05) is 0 Å². The predicted molar refractivity (Wildman–Crippen MR) is 61.1 cm³/mol. The molecule has 0 N–H and O–H groups in total. The maximum Gasteiger partial charge on any atom is 0.147 e. The van der Waals surface area contributed by atoms with Crippen molar-refractivity contribution in [1.29, 1.82) is 0 Å². The van der Waals surface area contributed by atoms with E-state index >= 15 is 0 Å². The summed E-state index contributed by atoms with van der Waals surface area (Å²) in [5, 5.41) is 0. The summed E-state index contributed by atoms with van der Waals surface area (Å²) in [7, 11) is 0. The van der Waals surface area contributed by atoms with Crippen molar-refractivity contribution >= 4 is 0 Å². The van der Waals surface area contributed by atoms with Crippen molar-refractivity contribution in [2.24, 2.45) is 0 Å². The van der Waals surface area contributed by atoms with Crippen LogP contribution in [-0.4, -0.2) is 25.6 Å². The molecule has 1 saturated heterocycles. The van der Waals surface area contributed by atoms with Gasteiger partial charge in [-0.25, -0.2) is 0 Å². The van der Waals surface area contributed by atoms with E-state index in [1.54, 1.807) is 0 Å². The van der Waals surface area contributed by atoms with E-state index in [9.17, 15) is 0 Å². The molecule has 1 heterocycles. The molecule has 0 amide bonds. The largest absolute Gasteiger partial charge is 0.368 e. The Kier molecular flexibility index (Phi) is 3.93. The molecule has 3 heteroatoms. The summed E-state index contributed by atoms with van der Waals surface area (Å²) in [5.74, 6) is 0. The second-order valence-electron chi connectivity index (χ2n) is 4.14. The zero-order chi connectivity index (χ0) is 11.4. The van der Waals surface area contributed by atoms with Crippen LogP contribution >= 0.6 is 0 Å². The highest BCUT2D eigenvalue weighted by atomic mass is 16.7. The van der Waals surface area contributed by atoms with Crippen molar-refractivity contribution in [2.45, 2.75) is 32.7 Å². The summed E-state index contributed by atoms with van der Waals surface area (Å²) in [6, 6.07) is 8.25. The monoisotopic (exact) mass is 222 g/mol. The molecule has 0 saturated carbocycles. The van der Waals surface area contributed by atoms with E-state index in [1.165, 1.54) is 11.1 Å². The van der Waals surface area contributed by atoms with Crippen molar-refractivity contribution < 1.29 is 14.2 Å². The zero-order valence-corrected chi connectivity index (χ0v) is 9.81. The fraction of sp³-hybridized carbons (Fsp3) is 0.538. The van der Waals surface area contributed by atoms with E-state index in [1.807, 2.05) is 19.1 Å². The minimum atomic E-state index is 0.0355. The van der Waals surface area contributed by atoms with Crippen molar-refractivity contribution in [3.63, 3.8) is 0 Å². The summed E-state index contributed by atoms with van der Waals surface area (Å²) in [4.78, 5) is 0.